The van der Waals surface area contributed by atoms with Crippen molar-refractivity contribution in [1.29, 1.82) is 0 Å². The largest absolute Gasteiger partial charge is 0.469 e. The van der Waals surface area contributed by atoms with Crippen LogP contribution in [0.15, 0.2) is 28.0 Å². The molecule has 7 nitrogen and oxygen atoms in total. The summed E-state index contributed by atoms with van der Waals surface area (Å²) in [5.74, 6) is -0.374. The highest BCUT2D eigenvalue weighted by molar-refractivity contribution is 7.89. The van der Waals surface area contributed by atoms with E-state index in [4.69, 9.17) is 0 Å². The lowest BCUT2D eigenvalue weighted by molar-refractivity contribution is -0.140. The zero-order chi connectivity index (χ0) is 16.0. The highest BCUT2D eigenvalue weighted by atomic mass is 32.2. The first-order valence-corrected chi connectivity index (χ1v) is 7.97. The lowest BCUT2D eigenvalue weighted by Gasteiger charge is -2.23. The number of rotatable bonds is 7. The number of hydrogen-bond acceptors (Lipinski definition) is 5. The van der Waals surface area contributed by atoms with E-state index in [2.05, 4.69) is 9.72 Å². The molecular formula is C13H20N2O5S. The van der Waals surface area contributed by atoms with Gasteiger partial charge in [-0.3, -0.25) is 9.59 Å². The highest BCUT2D eigenvalue weighted by Gasteiger charge is 2.25. The molecule has 118 valence electrons. The second-order valence-corrected chi connectivity index (χ2v) is 6.91. The molecule has 0 aliphatic carbocycles. The standard InChI is InChI=1S/C13H20N2O5S/c1-10(2)9-15(7-6-13(17)20-3)21(18,19)11-4-5-12(16)14-8-11/h4-5,8,10H,6-7,9H2,1-3H3,(H,14,16). The molecule has 0 aromatic carbocycles. The lowest BCUT2D eigenvalue weighted by atomic mass is 10.2. The van der Waals surface area contributed by atoms with Gasteiger partial charge >= 0.3 is 5.97 Å². The Morgan fingerprint density at radius 3 is 2.52 bits per heavy atom. The van der Waals surface area contributed by atoms with Crippen LogP contribution in [0.25, 0.3) is 0 Å². The third kappa shape index (κ3) is 4.98. The van der Waals surface area contributed by atoms with E-state index in [0.717, 1.165) is 12.3 Å². The summed E-state index contributed by atoms with van der Waals surface area (Å²) in [7, 11) is -2.51. The molecule has 0 atom stereocenters. The van der Waals surface area contributed by atoms with Gasteiger partial charge in [0, 0.05) is 25.4 Å². The summed E-state index contributed by atoms with van der Waals surface area (Å²) in [6, 6.07) is 2.40. The summed E-state index contributed by atoms with van der Waals surface area (Å²) in [5, 5.41) is 0. The Balaban J connectivity index is 3.02. The number of pyridine rings is 1. The minimum Gasteiger partial charge on any atom is -0.469 e. The molecule has 0 amide bonds. The van der Waals surface area contributed by atoms with Crippen LogP contribution in [-0.2, 0) is 19.6 Å². The minimum absolute atomic E-state index is 0.00684. The Labute approximate surface area is 124 Å². The fourth-order valence-electron chi connectivity index (χ4n) is 1.74. The molecule has 0 spiro atoms. The number of aromatic nitrogens is 1. The Morgan fingerprint density at radius 1 is 1.38 bits per heavy atom. The van der Waals surface area contributed by atoms with Gasteiger partial charge in [-0.15, -0.1) is 0 Å². The van der Waals surface area contributed by atoms with E-state index in [1.807, 2.05) is 13.8 Å². The van der Waals surface area contributed by atoms with Gasteiger partial charge in [-0.25, -0.2) is 8.42 Å². The summed E-state index contributed by atoms with van der Waals surface area (Å²) in [4.78, 5) is 24.6. The summed E-state index contributed by atoms with van der Waals surface area (Å²) >= 11 is 0. The number of carbonyl (C=O) groups excluding carboxylic acids is 1. The maximum absolute atomic E-state index is 12.5. The maximum atomic E-state index is 12.5. The Hall–Kier alpha value is -1.67. The summed E-state index contributed by atoms with van der Waals surface area (Å²) in [6.07, 6.45) is 1.13. The maximum Gasteiger partial charge on any atom is 0.306 e. The van der Waals surface area contributed by atoms with Crippen LogP contribution in [0.1, 0.15) is 20.3 Å². The van der Waals surface area contributed by atoms with Crippen molar-refractivity contribution >= 4 is 16.0 Å². The van der Waals surface area contributed by atoms with Crippen molar-refractivity contribution in [2.24, 2.45) is 5.92 Å². The van der Waals surface area contributed by atoms with Crippen molar-refractivity contribution in [3.8, 4) is 0 Å². The van der Waals surface area contributed by atoms with Crippen LogP contribution in [-0.4, -0.2) is 43.9 Å². The third-order valence-corrected chi connectivity index (χ3v) is 4.62. The predicted molar refractivity (Wildman–Crippen MR) is 77.3 cm³/mol. The van der Waals surface area contributed by atoms with E-state index >= 15 is 0 Å². The third-order valence-electron chi connectivity index (χ3n) is 2.76. The van der Waals surface area contributed by atoms with Crippen molar-refractivity contribution in [2.45, 2.75) is 25.2 Å². The van der Waals surface area contributed by atoms with E-state index in [1.165, 1.54) is 17.5 Å². The molecule has 0 fully saturated rings. The topological polar surface area (TPSA) is 96.5 Å². The first-order valence-electron chi connectivity index (χ1n) is 6.53. The number of nitrogens with zero attached hydrogens (tertiary/aromatic N) is 1. The minimum atomic E-state index is -3.76. The molecule has 0 radical (unpaired) electrons. The molecule has 21 heavy (non-hydrogen) atoms. The van der Waals surface area contributed by atoms with Gasteiger partial charge < -0.3 is 9.72 Å². The molecule has 1 N–H and O–H groups in total. The van der Waals surface area contributed by atoms with Crippen molar-refractivity contribution in [3.63, 3.8) is 0 Å². The monoisotopic (exact) mass is 316 g/mol. The zero-order valence-corrected chi connectivity index (χ0v) is 13.1. The quantitative estimate of drug-likeness (QED) is 0.742. The van der Waals surface area contributed by atoms with E-state index in [9.17, 15) is 18.0 Å². The Kier molecular flexibility index (Phi) is 6.10. The second-order valence-electron chi connectivity index (χ2n) is 4.97. The number of ether oxygens (including phenoxy) is 1. The molecule has 0 saturated carbocycles. The van der Waals surface area contributed by atoms with Gasteiger partial charge in [0.15, 0.2) is 0 Å². The van der Waals surface area contributed by atoms with Crippen LogP contribution in [0.2, 0.25) is 0 Å². The molecule has 1 aromatic heterocycles. The average molecular weight is 316 g/mol. The SMILES string of the molecule is COC(=O)CCN(CC(C)C)S(=O)(=O)c1ccc(=O)[nH]c1. The molecule has 0 bridgehead atoms. The van der Waals surface area contributed by atoms with Gasteiger partial charge in [0.05, 0.1) is 18.4 Å². The fourth-order valence-corrected chi connectivity index (χ4v) is 3.31. The van der Waals surface area contributed by atoms with Gasteiger partial charge in [0.25, 0.3) is 0 Å². The van der Waals surface area contributed by atoms with Gasteiger partial charge in [-0.05, 0) is 12.0 Å². The fraction of sp³-hybridized carbons (Fsp3) is 0.538. The average Bonchev–Trinajstić information content (AvgIpc) is 2.43. The van der Waals surface area contributed by atoms with E-state index in [1.54, 1.807) is 0 Å². The van der Waals surface area contributed by atoms with Crippen molar-refractivity contribution in [1.82, 2.24) is 9.29 Å². The number of methoxy groups -OCH3 is 1. The van der Waals surface area contributed by atoms with Crippen molar-refractivity contribution < 1.29 is 17.9 Å². The number of carbonyl (C=O) groups is 1. The van der Waals surface area contributed by atoms with E-state index < -0.39 is 16.0 Å². The number of aromatic amines is 1. The molecule has 1 heterocycles. The van der Waals surface area contributed by atoms with Crippen LogP contribution >= 0.6 is 0 Å². The zero-order valence-electron chi connectivity index (χ0n) is 12.3. The summed E-state index contributed by atoms with van der Waals surface area (Å²) in [5.41, 5.74) is -0.376. The number of hydrogen-bond donors (Lipinski definition) is 1. The number of nitrogens with one attached hydrogen (secondary N) is 1. The molecule has 8 heteroatoms. The summed E-state index contributed by atoms with van der Waals surface area (Å²) < 4.78 is 30.8. The Bertz CT molecular complexity index is 616. The molecule has 0 unspecified atom stereocenters. The van der Waals surface area contributed by atoms with Gasteiger partial charge in [0.1, 0.15) is 0 Å². The van der Waals surface area contributed by atoms with Gasteiger partial charge in [0.2, 0.25) is 15.6 Å². The van der Waals surface area contributed by atoms with Crippen LogP contribution < -0.4 is 5.56 Å². The number of esters is 1. The molecule has 1 rings (SSSR count). The smallest absolute Gasteiger partial charge is 0.306 e. The molecular weight excluding hydrogens is 296 g/mol. The molecule has 0 aliphatic heterocycles. The first kappa shape index (κ1) is 17.4. The van der Waals surface area contributed by atoms with E-state index in [-0.39, 0.29) is 35.9 Å². The molecule has 0 aliphatic rings. The lowest BCUT2D eigenvalue weighted by Crippen LogP contribution is -2.36. The number of H-pyrrole nitrogens is 1. The second kappa shape index (κ2) is 7.37. The van der Waals surface area contributed by atoms with Crippen LogP contribution in [0.3, 0.4) is 0 Å². The molecule has 1 aromatic rings. The summed E-state index contributed by atoms with van der Waals surface area (Å²) in [6.45, 7) is 4.08. The van der Waals surface area contributed by atoms with E-state index in [0.29, 0.717) is 0 Å². The Morgan fingerprint density at radius 2 is 2.05 bits per heavy atom. The van der Waals surface area contributed by atoms with Crippen molar-refractivity contribution in [2.75, 3.05) is 20.2 Å². The van der Waals surface area contributed by atoms with Gasteiger partial charge in [-0.1, -0.05) is 13.8 Å². The van der Waals surface area contributed by atoms with Crippen LogP contribution in [0.4, 0.5) is 0 Å². The predicted octanol–water partition coefficient (Wildman–Crippen LogP) is 0.585. The first-order chi connectivity index (χ1) is 9.77. The van der Waals surface area contributed by atoms with Gasteiger partial charge in [-0.2, -0.15) is 4.31 Å². The van der Waals surface area contributed by atoms with Crippen LogP contribution in [0, 0.1) is 5.92 Å². The highest BCUT2D eigenvalue weighted by Crippen LogP contribution is 2.16. The number of sulfonamides is 1. The molecule has 0 saturated heterocycles. The van der Waals surface area contributed by atoms with Crippen molar-refractivity contribution in [3.05, 3.63) is 28.7 Å². The van der Waals surface area contributed by atoms with Crippen LogP contribution in [0.5, 0.6) is 0 Å². The normalized spacial score (nSPS) is 11.9.